The molecule has 0 aliphatic carbocycles. The molecule has 0 unspecified atom stereocenters. The SMILES string of the molecule is OC(O)c1cccc(C=Cc2ccccc2)c1. The Morgan fingerprint density at radius 3 is 2.12 bits per heavy atom. The van der Waals surface area contributed by atoms with E-state index in [4.69, 9.17) is 10.2 Å². The summed E-state index contributed by atoms with van der Waals surface area (Å²) < 4.78 is 0. The standard InChI is InChI=1S/C15H14O2/c16-15(17)14-8-4-7-13(11-14)10-9-12-5-2-1-3-6-12/h1-11,15-17H. The molecule has 2 nitrogen and oxygen atoms in total. The number of hydrogen-bond donors (Lipinski definition) is 2. The fourth-order valence-corrected chi connectivity index (χ4v) is 1.58. The van der Waals surface area contributed by atoms with Gasteiger partial charge in [0.1, 0.15) is 0 Å². The lowest BCUT2D eigenvalue weighted by atomic mass is 10.1. The second-order valence-corrected chi connectivity index (χ2v) is 3.79. The third-order valence-electron chi connectivity index (χ3n) is 2.48. The topological polar surface area (TPSA) is 40.5 Å². The summed E-state index contributed by atoms with van der Waals surface area (Å²) in [6, 6.07) is 17.1. The lowest BCUT2D eigenvalue weighted by molar-refractivity contribution is -0.0424. The summed E-state index contributed by atoms with van der Waals surface area (Å²) in [7, 11) is 0. The Kier molecular flexibility index (Phi) is 3.70. The van der Waals surface area contributed by atoms with E-state index in [0.717, 1.165) is 11.1 Å². The molecule has 2 heteroatoms. The summed E-state index contributed by atoms with van der Waals surface area (Å²) >= 11 is 0. The largest absolute Gasteiger partial charge is 0.364 e. The number of rotatable bonds is 3. The average Bonchev–Trinajstić information content (AvgIpc) is 2.38. The van der Waals surface area contributed by atoms with Gasteiger partial charge in [0.05, 0.1) is 0 Å². The fourth-order valence-electron chi connectivity index (χ4n) is 1.58. The number of aliphatic hydroxyl groups excluding tert-OH is 1. The van der Waals surface area contributed by atoms with Gasteiger partial charge in [0.25, 0.3) is 0 Å². The third-order valence-corrected chi connectivity index (χ3v) is 2.48. The third kappa shape index (κ3) is 3.28. The van der Waals surface area contributed by atoms with Crippen LogP contribution >= 0.6 is 0 Å². The van der Waals surface area contributed by atoms with Crippen LogP contribution in [0.25, 0.3) is 12.2 Å². The summed E-state index contributed by atoms with van der Waals surface area (Å²) in [5, 5.41) is 18.1. The molecule has 0 fully saturated rings. The highest BCUT2D eigenvalue weighted by Gasteiger charge is 2.00. The first-order chi connectivity index (χ1) is 8.25. The lowest BCUT2D eigenvalue weighted by Crippen LogP contribution is -1.94. The van der Waals surface area contributed by atoms with Crippen LogP contribution in [0.5, 0.6) is 0 Å². The summed E-state index contributed by atoms with van der Waals surface area (Å²) in [4.78, 5) is 0. The fraction of sp³-hybridized carbons (Fsp3) is 0.0667. The number of hydrogen-bond acceptors (Lipinski definition) is 2. The van der Waals surface area contributed by atoms with E-state index in [-0.39, 0.29) is 0 Å². The molecular formula is C15H14O2. The Morgan fingerprint density at radius 2 is 1.41 bits per heavy atom. The van der Waals surface area contributed by atoms with Crippen LogP contribution in [-0.4, -0.2) is 10.2 Å². The van der Waals surface area contributed by atoms with Crippen LogP contribution in [0.4, 0.5) is 0 Å². The van der Waals surface area contributed by atoms with E-state index in [1.54, 1.807) is 18.2 Å². The Labute approximate surface area is 100 Å². The van der Waals surface area contributed by atoms with Gasteiger partial charge in [-0.15, -0.1) is 0 Å². The molecule has 0 amide bonds. The zero-order valence-electron chi connectivity index (χ0n) is 9.32. The van der Waals surface area contributed by atoms with Crippen LogP contribution in [0.3, 0.4) is 0 Å². The molecule has 0 aromatic heterocycles. The molecule has 0 atom stereocenters. The normalized spacial score (nSPS) is 11.2. The average molecular weight is 226 g/mol. The molecule has 0 aliphatic heterocycles. The van der Waals surface area contributed by atoms with Crippen molar-refractivity contribution in [1.82, 2.24) is 0 Å². The molecule has 0 saturated heterocycles. The van der Waals surface area contributed by atoms with Crippen molar-refractivity contribution in [3.8, 4) is 0 Å². The molecule has 86 valence electrons. The van der Waals surface area contributed by atoms with E-state index in [2.05, 4.69) is 0 Å². The molecule has 2 aromatic carbocycles. The Bertz CT molecular complexity index is 501. The van der Waals surface area contributed by atoms with Crippen molar-refractivity contribution >= 4 is 12.2 Å². The van der Waals surface area contributed by atoms with E-state index in [9.17, 15) is 0 Å². The van der Waals surface area contributed by atoms with Crippen LogP contribution in [-0.2, 0) is 0 Å². The molecule has 0 bridgehead atoms. The Balaban J connectivity index is 2.19. The van der Waals surface area contributed by atoms with Crippen molar-refractivity contribution in [2.45, 2.75) is 6.29 Å². The van der Waals surface area contributed by atoms with E-state index >= 15 is 0 Å². The molecule has 17 heavy (non-hydrogen) atoms. The zero-order chi connectivity index (χ0) is 12.1. The second kappa shape index (κ2) is 5.43. The van der Waals surface area contributed by atoms with Gasteiger partial charge >= 0.3 is 0 Å². The Hall–Kier alpha value is -1.90. The molecular weight excluding hydrogens is 212 g/mol. The minimum atomic E-state index is -1.42. The smallest absolute Gasteiger partial charge is 0.178 e. The van der Waals surface area contributed by atoms with Crippen LogP contribution in [0.2, 0.25) is 0 Å². The minimum Gasteiger partial charge on any atom is -0.364 e. The molecule has 2 aromatic rings. The Morgan fingerprint density at radius 1 is 0.765 bits per heavy atom. The van der Waals surface area contributed by atoms with Gasteiger partial charge in [0.15, 0.2) is 6.29 Å². The van der Waals surface area contributed by atoms with Gasteiger partial charge in [-0.05, 0) is 17.2 Å². The van der Waals surface area contributed by atoms with Crippen LogP contribution in [0.15, 0.2) is 54.6 Å². The quantitative estimate of drug-likeness (QED) is 0.624. The van der Waals surface area contributed by atoms with Gasteiger partial charge in [-0.1, -0.05) is 60.7 Å². The van der Waals surface area contributed by atoms with Crippen LogP contribution in [0, 0.1) is 0 Å². The monoisotopic (exact) mass is 226 g/mol. The summed E-state index contributed by atoms with van der Waals surface area (Å²) in [5.74, 6) is 0. The van der Waals surface area contributed by atoms with Crippen molar-refractivity contribution in [3.05, 3.63) is 71.3 Å². The predicted octanol–water partition coefficient (Wildman–Crippen LogP) is 2.84. The van der Waals surface area contributed by atoms with Crippen molar-refractivity contribution in [3.63, 3.8) is 0 Å². The van der Waals surface area contributed by atoms with Crippen molar-refractivity contribution in [2.24, 2.45) is 0 Å². The lowest BCUT2D eigenvalue weighted by Gasteiger charge is -2.03. The first kappa shape index (κ1) is 11.6. The molecule has 0 radical (unpaired) electrons. The van der Waals surface area contributed by atoms with Crippen LogP contribution in [0.1, 0.15) is 23.0 Å². The molecule has 0 aliphatic rings. The van der Waals surface area contributed by atoms with E-state index in [0.29, 0.717) is 5.56 Å². The van der Waals surface area contributed by atoms with Crippen molar-refractivity contribution in [1.29, 1.82) is 0 Å². The highest BCUT2D eigenvalue weighted by Crippen LogP contribution is 2.14. The zero-order valence-corrected chi connectivity index (χ0v) is 9.32. The summed E-state index contributed by atoms with van der Waals surface area (Å²) in [6.45, 7) is 0. The van der Waals surface area contributed by atoms with Gasteiger partial charge < -0.3 is 10.2 Å². The van der Waals surface area contributed by atoms with Gasteiger partial charge in [-0.25, -0.2) is 0 Å². The van der Waals surface area contributed by atoms with E-state index in [1.807, 2.05) is 48.6 Å². The maximum atomic E-state index is 9.06. The highest BCUT2D eigenvalue weighted by atomic mass is 16.5. The molecule has 0 heterocycles. The van der Waals surface area contributed by atoms with Gasteiger partial charge in [-0.3, -0.25) is 0 Å². The second-order valence-electron chi connectivity index (χ2n) is 3.79. The molecule has 2 N–H and O–H groups in total. The van der Waals surface area contributed by atoms with Gasteiger partial charge in [-0.2, -0.15) is 0 Å². The highest BCUT2D eigenvalue weighted by molar-refractivity contribution is 5.69. The molecule has 0 spiro atoms. The van der Waals surface area contributed by atoms with Gasteiger partial charge in [0.2, 0.25) is 0 Å². The first-order valence-corrected chi connectivity index (χ1v) is 5.45. The van der Waals surface area contributed by atoms with Crippen molar-refractivity contribution < 1.29 is 10.2 Å². The first-order valence-electron chi connectivity index (χ1n) is 5.45. The maximum Gasteiger partial charge on any atom is 0.178 e. The van der Waals surface area contributed by atoms with Crippen molar-refractivity contribution in [2.75, 3.05) is 0 Å². The minimum absolute atomic E-state index is 0.500. The van der Waals surface area contributed by atoms with Crippen LogP contribution < -0.4 is 0 Å². The molecule has 0 saturated carbocycles. The summed E-state index contributed by atoms with van der Waals surface area (Å²) in [5.41, 5.74) is 2.56. The number of aliphatic hydroxyl groups is 2. The maximum absolute atomic E-state index is 9.06. The van der Waals surface area contributed by atoms with E-state index in [1.165, 1.54) is 0 Å². The summed E-state index contributed by atoms with van der Waals surface area (Å²) in [6.07, 6.45) is 2.52. The van der Waals surface area contributed by atoms with E-state index < -0.39 is 6.29 Å². The molecule has 2 rings (SSSR count). The number of benzene rings is 2. The predicted molar refractivity (Wildman–Crippen MR) is 69.0 cm³/mol. The van der Waals surface area contributed by atoms with Gasteiger partial charge in [0, 0.05) is 5.56 Å².